The summed E-state index contributed by atoms with van der Waals surface area (Å²) in [5.74, 6) is 0. The fraction of sp³-hybridized carbons (Fsp3) is 0.750. The van der Waals surface area contributed by atoms with Gasteiger partial charge in [-0.15, -0.1) is 6.58 Å². The Kier molecular flexibility index (Phi) is 2.29. The molecule has 9 heavy (non-hydrogen) atoms. The minimum atomic E-state index is 0.343. The van der Waals surface area contributed by atoms with Crippen LogP contribution in [0.4, 0.5) is 0 Å². The lowest BCUT2D eigenvalue weighted by Crippen LogP contribution is -2.06. The molecular formula is C8H14O. The first-order valence-corrected chi connectivity index (χ1v) is 3.64. The average Bonchev–Trinajstić information content (AvgIpc) is 2.34. The van der Waals surface area contributed by atoms with E-state index in [-0.39, 0.29) is 0 Å². The highest BCUT2D eigenvalue weighted by Gasteiger charge is 2.20. The summed E-state index contributed by atoms with van der Waals surface area (Å²) < 4.78 is 5.54. The third-order valence-corrected chi connectivity index (χ3v) is 1.86. The van der Waals surface area contributed by atoms with Gasteiger partial charge in [-0.2, -0.15) is 0 Å². The van der Waals surface area contributed by atoms with Gasteiger partial charge in [-0.3, -0.25) is 0 Å². The zero-order valence-electron chi connectivity index (χ0n) is 5.97. The third-order valence-electron chi connectivity index (χ3n) is 1.86. The standard InChI is InChI=1S/C8H14O/c1-3-7-5-6-8(4-2)9-7/h3,7-8H,1,4-6H2,2H3. The smallest absolute Gasteiger partial charge is 0.0757 e. The molecule has 1 fully saturated rings. The highest BCUT2D eigenvalue weighted by atomic mass is 16.5. The predicted molar refractivity (Wildman–Crippen MR) is 38.4 cm³/mol. The number of ether oxygens (including phenoxy) is 1. The molecule has 0 amide bonds. The van der Waals surface area contributed by atoms with E-state index in [0.717, 1.165) is 6.42 Å². The van der Waals surface area contributed by atoms with Crippen LogP contribution in [0.25, 0.3) is 0 Å². The average molecular weight is 126 g/mol. The molecule has 1 aliphatic heterocycles. The Hall–Kier alpha value is -0.300. The van der Waals surface area contributed by atoms with Crippen molar-refractivity contribution in [3.05, 3.63) is 12.7 Å². The number of hydrogen-bond acceptors (Lipinski definition) is 1. The molecule has 52 valence electrons. The molecule has 0 aromatic heterocycles. The summed E-state index contributed by atoms with van der Waals surface area (Å²) in [4.78, 5) is 0. The molecule has 0 saturated carbocycles. The first-order valence-electron chi connectivity index (χ1n) is 3.64. The Morgan fingerprint density at radius 1 is 1.67 bits per heavy atom. The van der Waals surface area contributed by atoms with Gasteiger partial charge >= 0.3 is 0 Å². The van der Waals surface area contributed by atoms with Crippen LogP contribution in [0.2, 0.25) is 0 Å². The Morgan fingerprint density at radius 2 is 2.44 bits per heavy atom. The molecule has 2 unspecified atom stereocenters. The van der Waals surface area contributed by atoms with Crippen LogP contribution in [0.1, 0.15) is 26.2 Å². The maximum Gasteiger partial charge on any atom is 0.0757 e. The van der Waals surface area contributed by atoms with Crippen LogP contribution in [0, 0.1) is 0 Å². The van der Waals surface area contributed by atoms with Gasteiger partial charge in [0.1, 0.15) is 0 Å². The van der Waals surface area contributed by atoms with E-state index in [0.29, 0.717) is 12.2 Å². The monoisotopic (exact) mass is 126 g/mol. The second-order valence-corrected chi connectivity index (χ2v) is 2.52. The minimum absolute atomic E-state index is 0.343. The molecular weight excluding hydrogens is 112 g/mol. The van der Waals surface area contributed by atoms with E-state index >= 15 is 0 Å². The van der Waals surface area contributed by atoms with Crippen LogP contribution < -0.4 is 0 Å². The Labute approximate surface area is 56.7 Å². The Bertz CT molecular complexity index is 98.7. The predicted octanol–water partition coefficient (Wildman–Crippen LogP) is 2.13. The summed E-state index contributed by atoms with van der Waals surface area (Å²) in [6.45, 7) is 5.85. The molecule has 1 heteroatoms. The minimum Gasteiger partial charge on any atom is -0.371 e. The van der Waals surface area contributed by atoms with Crippen molar-refractivity contribution in [2.45, 2.75) is 38.4 Å². The summed E-state index contributed by atoms with van der Waals surface area (Å²) >= 11 is 0. The van der Waals surface area contributed by atoms with Gasteiger partial charge in [0.15, 0.2) is 0 Å². The van der Waals surface area contributed by atoms with E-state index in [1.807, 2.05) is 6.08 Å². The van der Waals surface area contributed by atoms with Gasteiger partial charge in [-0.1, -0.05) is 13.0 Å². The van der Waals surface area contributed by atoms with Crippen molar-refractivity contribution in [2.75, 3.05) is 0 Å². The number of rotatable bonds is 2. The van der Waals surface area contributed by atoms with Crippen LogP contribution >= 0.6 is 0 Å². The van der Waals surface area contributed by atoms with Crippen molar-refractivity contribution in [1.82, 2.24) is 0 Å². The highest BCUT2D eigenvalue weighted by molar-refractivity contribution is 4.85. The van der Waals surface area contributed by atoms with Gasteiger partial charge < -0.3 is 4.74 Å². The zero-order valence-corrected chi connectivity index (χ0v) is 5.97. The van der Waals surface area contributed by atoms with Crippen LogP contribution in [-0.4, -0.2) is 12.2 Å². The first kappa shape index (κ1) is 6.81. The maximum absolute atomic E-state index is 5.54. The molecule has 0 spiro atoms. The molecule has 0 N–H and O–H groups in total. The molecule has 0 aromatic carbocycles. The Balaban J connectivity index is 2.28. The Morgan fingerprint density at radius 3 is 2.78 bits per heavy atom. The summed E-state index contributed by atoms with van der Waals surface area (Å²) in [5.41, 5.74) is 0. The normalized spacial score (nSPS) is 34.8. The van der Waals surface area contributed by atoms with E-state index in [1.54, 1.807) is 0 Å². The fourth-order valence-electron chi connectivity index (χ4n) is 1.21. The van der Waals surface area contributed by atoms with Gasteiger partial charge in [0.05, 0.1) is 12.2 Å². The molecule has 1 saturated heterocycles. The largest absolute Gasteiger partial charge is 0.371 e. The van der Waals surface area contributed by atoms with E-state index in [1.165, 1.54) is 12.8 Å². The summed E-state index contributed by atoms with van der Waals surface area (Å²) in [6.07, 6.45) is 6.28. The van der Waals surface area contributed by atoms with Crippen LogP contribution in [0.3, 0.4) is 0 Å². The van der Waals surface area contributed by atoms with Crippen molar-refractivity contribution in [3.63, 3.8) is 0 Å². The molecule has 2 atom stereocenters. The topological polar surface area (TPSA) is 9.23 Å². The fourth-order valence-corrected chi connectivity index (χ4v) is 1.21. The quantitative estimate of drug-likeness (QED) is 0.515. The third kappa shape index (κ3) is 1.55. The summed E-state index contributed by atoms with van der Waals surface area (Å²) in [5, 5.41) is 0. The van der Waals surface area contributed by atoms with Crippen molar-refractivity contribution in [1.29, 1.82) is 0 Å². The van der Waals surface area contributed by atoms with Crippen LogP contribution in [0.5, 0.6) is 0 Å². The van der Waals surface area contributed by atoms with E-state index < -0.39 is 0 Å². The molecule has 1 nitrogen and oxygen atoms in total. The first-order chi connectivity index (χ1) is 4.36. The van der Waals surface area contributed by atoms with E-state index in [2.05, 4.69) is 13.5 Å². The molecule has 1 rings (SSSR count). The summed E-state index contributed by atoms with van der Waals surface area (Å²) in [6, 6.07) is 0. The lowest BCUT2D eigenvalue weighted by molar-refractivity contribution is 0.0692. The lowest BCUT2D eigenvalue weighted by atomic mass is 10.2. The van der Waals surface area contributed by atoms with Crippen molar-refractivity contribution < 1.29 is 4.74 Å². The van der Waals surface area contributed by atoms with Crippen molar-refractivity contribution >= 4 is 0 Å². The van der Waals surface area contributed by atoms with Gasteiger partial charge in [-0.25, -0.2) is 0 Å². The van der Waals surface area contributed by atoms with E-state index in [9.17, 15) is 0 Å². The second kappa shape index (κ2) is 3.02. The summed E-state index contributed by atoms with van der Waals surface area (Å²) in [7, 11) is 0. The van der Waals surface area contributed by atoms with E-state index in [4.69, 9.17) is 4.74 Å². The highest BCUT2D eigenvalue weighted by Crippen LogP contribution is 2.21. The SMILES string of the molecule is C=CC1CCC(CC)O1. The molecule has 0 aromatic rings. The van der Waals surface area contributed by atoms with Crippen molar-refractivity contribution in [2.24, 2.45) is 0 Å². The van der Waals surface area contributed by atoms with Gasteiger partial charge in [0, 0.05) is 0 Å². The molecule has 0 radical (unpaired) electrons. The van der Waals surface area contributed by atoms with Gasteiger partial charge in [0.2, 0.25) is 0 Å². The van der Waals surface area contributed by atoms with Crippen molar-refractivity contribution in [3.8, 4) is 0 Å². The molecule has 0 aliphatic carbocycles. The van der Waals surface area contributed by atoms with Crippen LogP contribution in [-0.2, 0) is 4.74 Å². The lowest BCUT2D eigenvalue weighted by Gasteiger charge is -2.06. The number of hydrogen-bond donors (Lipinski definition) is 0. The second-order valence-electron chi connectivity index (χ2n) is 2.52. The van der Waals surface area contributed by atoms with Crippen LogP contribution in [0.15, 0.2) is 12.7 Å². The zero-order chi connectivity index (χ0) is 6.69. The molecule has 1 aliphatic rings. The van der Waals surface area contributed by atoms with Gasteiger partial charge in [0.25, 0.3) is 0 Å². The van der Waals surface area contributed by atoms with Gasteiger partial charge in [-0.05, 0) is 19.3 Å². The molecule has 0 bridgehead atoms. The maximum atomic E-state index is 5.54. The molecule has 1 heterocycles.